The summed E-state index contributed by atoms with van der Waals surface area (Å²) in [6.07, 6.45) is 5.14. The van der Waals surface area contributed by atoms with Gasteiger partial charge >= 0.3 is 0 Å². The van der Waals surface area contributed by atoms with E-state index in [1.54, 1.807) is 6.92 Å². The Morgan fingerprint density at radius 2 is 2.08 bits per heavy atom. The molecule has 2 aromatic rings. The quantitative estimate of drug-likeness (QED) is 0.296. The van der Waals surface area contributed by atoms with E-state index in [1.165, 1.54) is 6.07 Å². The summed E-state index contributed by atoms with van der Waals surface area (Å²) >= 11 is 6.32. The molecule has 2 atom stereocenters. The summed E-state index contributed by atoms with van der Waals surface area (Å²) in [5, 5.41) is 25.6. The predicted molar refractivity (Wildman–Crippen MR) is 149 cm³/mol. The molecular weight excluding hydrogens is 523 g/mol. The topological polar surface area (TPSA) is 154 Å². The number of aliphatic hydroxyl groups is 1. The first-order valence-electron chi connectivity index (χ1n) is 13.1. The summed E-state index contributed by atoms with van der Waals surface area (Å²) in [6, 6.07) is 4.26. The van der Waals surface area contributed by atoms with Gasteiger partial charge in [0, 0.05) is 17.5 Å². The van der Waals surface area contributed by atoms with Crippen LogP contribution in [0.3, 0.4) is 0 Å². The van der Waals surface area contributed by atoms with E-state index in [-0.39, 0.29) is 40.4 Å². The van der Waals surface area contributed by atoms with Crippen LogP contribution in [0.15, 0.2) is 22.1 Å². The molecular formula is C27H34ClFN8O2. The average Bonchev–Trinajstić information content (AvgIpc) is 3.20. The third-order valence-electron chi connectivity index (χ3n) is 7.82. The second-order valence-corrected chi connectivity index (χ2v) is 11.1. The highest BCUT2D eigenvalue weighted by atomic mass is 35.5. The number of carbonyl (C=O) groups is 1. The summed E-state index contributed by atoms with van der Waals surface area (Å²) in [6.45, 7) is 7.33. The molecule has 1 amide bonds. The smallest absolute Gasteiger partial charge is 0.224 e. The van der Waals surface area contributed by atoms with E-state index in [1.807, 2.05) is 17.6 Å². The molecule has 208 valence electrons. The van der Waals surface area contributed by atoms with Crippen molar-refractivity contribution in [1.29, 1.82) is 5.26 Å². The molecule has 2 aliphatic rings. The molecule has 0 bridgehead atoms. The van der Waals surface area contributed by atoms with Gasteiger partial charge in [0.15, 0.2) is 5.82 Å². The number of benzene rings is 1. The van der Waals surface area contributed by atoms with E-state index in [0.717, 1.165) is 25.3 Å². The lowest BCUT2D eigenvalue weighted by Gasteiger charge is -2.36. The van der Waals surface area contributed by atoms with Crippen molar-refractivity contribution in [3.63, 3.8) is 0 Å². The lowest BCUT2D eigenvalue weighted by atomic mass is 9.73. The molecule has 0 aliphatic heterocycles. The van der Waals surface area contributed by atoms with Gasteiger partial charge in [0.1, 0.15) is 5.82 Å². The molecule has 10 nitrogen and oxygen atoms in total. The number of halogens is 2. The molecule has 0 radical (unpaired) electrons. The molecule has 0 spiro atoms. The maximum absolute atomic E-state index is 14.9. The van der Waals surface area contributed by atoms with Gasteiger partial charge in [0.2, 0.25) is 17.8 Å². The fraction of sp³-hybridized carbons (Fsp3) is 0.519. The number of aliphatic hydroxyl groups excluding tert-OH is 1. The molecule has 2 saturated carbocycles. The lowest BCUT2D eigenvalue weighted by Crippen LogP contribution is -2.39. The number of aliphatic imine (C=N–C) groups is 2. The van der Waals surface area contributed by atoms with Crippen LogP contribution in [0.5, 0.6) is 0 Å². The van der Waals surface area contributed by atoms with Crippen LogP contribution < -0.4 is 16.4 Å². The standard InChI is InChI=1S/C27H34ClFN8O2/c1-15-23(36-25(32-3)34-17-5-4-6-19(38)13-17)37(18-7-9-27(2,10-8-18)24(31)39)26(33-15)35-22-20(28)11-16(14-30)12-21(22)29/h11-12,17-19,38H,3-10,13H2,1-2H3,(H2,31,39)(H,33,35)(H,34,36)/t17-,18-,19+,27+/m1/s1. The highest BCUT2D eigenvalue weighted by molar-refractivity contribution is 6.33. The molecule has 1 aromatic heterocycles. The van der Waals surface area contributed by atoms with E-state index in [2.05, 4.69) is 27.3 Å². The first-order valence-corrected chi connectivity index (χ1v) is 13.5. The summed E-state index contributed by atoms with van der Waals surface area (Å²) in [7, 11) is 0. The van der Waals surface area contributed by atoms with Crippen LogP contribution >= 0.6 is 11.6 Å². The molecule has 4 rings (SSSR count). The van der Waals surface area contributed by atoms with Crippen LogP contribution in [-0.2, 0) is 4.79 Å². The zero-order valence-corrected chi connectivity index (χ0v) is 22.9. The number of hydrogen-bond acceptors (Lipinski definition) is 6. The summed E-state index contributed by atoms with van der Waals surface area (Å²) in [4.78, 5) is 25.6. The number of guanidine groups is 1. The summed E-state index contributed by atoms with van der Waals surface area (Å²) in [5.74, 6) is 0.0999. The number of amides is 1. The zero-order valence-electron chi connectivity index (χ0n) is 22.2. The highest BCUT2D eigenvalue weighted by Crippen LogP contribution is 2.44. The van der Waals surface area contributed by atoms with Gasteiger partial charge in [-0.3, -0.25) is 9.36 Å². The molecule has 2 aliphatic carbocycles. The van der Waals surface area contributed by atoms with Gasteiger partial charge in [0.25, 0.3) is 0 Å². The van der Waals surface area contributed by atoms with E-state index in [4.69, 9.17) is 27.6 Å². The molecule has 1 heterocycles. The number of nitrogens with one attached hydrogen (secondary N) is 2. The number of nitriles is 1. The number of carbonyl (C=O) groups excluding carboxylic acids is 1. The predicted octanol–water partition coefficient (Wildman–Crippen LogP) is 4.79. The minimum Gasteiger partial charge on any atom is -0.393 e. The first kappa shape index (κ1) is 28.5. The Morgan fingerprint density at radius 1 is 1.36 bits per heavy atom. The number of aryl methyl sites for hydroxylation is 1. The van der Waals surface area contributed by atoms with Crippen LogP contribution in [0.25, 0.3) is 0 Å². The maximum Gasteiger partial charge on any atom is 0.224 e. The summed E-state index contributed by atoms with van der Waals surface area (Å²) in [5.41, 5.74) is 5.73. The van der Waals surface area contributed by atoms with E-state index in [9.17, 15) is 14.3 Å². The highest BCUT2D eigenvalue weighted by Gasteiger charge is 2.38. The van der Waals surface area contributed by atoms with Crippen LogP contribution in [-0.4, -0.2) is 45.4 Å². The SMILES string of the molecule is C=N/C(=N\c1c(C)nc(Nc2c(F)cc(C#N)cc2Cl)n1[C@H]1CC[C@@](C)(C(N)=O)CC1)N[C@@H]1CCC[C@H](O)C1. The van der Waals surface area contributed by atoms with Crippen molar-refractivity contribution in [2.75, 3.05) is 5.32 Å². The van der Waals surface area contributed by atoms with E-state index < -0.39 is 11.2 Å². The fourth-order valence-corrected chi connectivity index (χ4v) is 5.67. The monoisotopic (exact) mass is 556 g/mol. The van der Waals surface area contributed by atoms with E-state index in [0.29, 0.717) is 55.5 Å². The number of imidazole rings is 1. The third-order valence-corrected chi connectivity index (χ3v) is 8.12. The van der Waals surface area contributed by atoms with Crippen LogP contribution in [0, 0.1) is 29.5 Å². The maximum atomic E-state index is 14.9. The van der Waals surface area contributed by atoms with Crippen molar-refractivity contribution < 1.29 is 14.3 Å². The molecule has 1 aromatic carbocycles. The van der Waals surface area contributed by atoms with Gasteiger partial charge in [0.05, 0.1) is 34.1 Å². The van der Waals surface area contributed by atoms with Crippen LogP contribution in [0.2, 0.25) is 5.02 Å². The van der Waals surface area contributed by atoms with Crippen molar-refractivity contribution >= 4 is 47.6 Å². The number of rotatable bonds is 6. The third kappa shape index (κ3) is 6.23. The van der Waals surface area contributed by atoms with Crippen molar-refractivity contribution in [3.05, 3.63) is 34.2 Å². The summed E-state index contributed by atoms with van der Waals surface area (Å²) < 4.78 is 16.8. The van der Waals surface area contributed by atoms with Crippen molar-refractivity contribution in [2.45, 2.75) is 83.4 Å². The first-order chi connectivity index (χ1) is 18.5. The van der Waals surface area contributed by atoms with Gasteiger partial charge in [-0.05, 0) is 77.1 Å². The number of anilines is 2. The number of primary amides is 1. The van der Waals surface area contributed by atoms with Crippen molar-refractivity contribution in [3.8, 4) is 6.07 Å². The Hall–Kier alpha value is -3.49. The zero-order chi connectivity index (χ0) is 28.3. The van der Waals surface area contributed by atoms with Gasteiger partial charge in [-0.2, -0.15) is 10.3 Å². The minimum atomic E-state index is -0.688. The Bertz CT molecular complexity index is 1300. The number of aromatic nitrogens is 2. The number of nitrogens with zero attached hydrogens (tertiary/aromatic N) is 5. The Kier molecular flexibility index (Phi) is 8.57. The molecule has 2 fully saturated rings. The van der Waals surface area contributed by atoms with Gasteiger partial charge < -0.3 is 21.5 Å². The second kappa shape index (κ2) is 11.7. The van der Waals surface area contributed by atoms with Gasteiger partial charge in [-0.15, -0.1) is 0 Å². The van der Waals surface area contributed by atoms with E-state index >= 15 is 0 Å². The Labute approximate surface area is 232 Å². The molecule has 0 saturated heterocycles. The second-order valence-electron chi connectivity index (χ2n) is 10.7. The minimum absolute atomic E-state index is 0.00443. The molecule has 12 heteroatoms. The average molecular weight is 557 g/mol. The Morgan fingerprint density at radius 3 is 2.67 bits per heavy atom. The van der Waals surface area contributed by atoms with Gasteiger partial charge in [-0.25, -0.2) is 14.4 Å². The van der Waals surface area contributed by atoms with Crippen molar-refractivity contribution in [1.82, 2.24) is 14.9 Å². The van der Waals surface area contributed by atoms with Crippen molar-refractivity contribution in [2.24, 2.45) is 21.1 Å². The number of hydrogen-bond donors (Lipinski definition) is 4. The fourth-order valence-electron chi connectivity index (χ4n) is 5.41. The van der Waals surface area contributed by atoms with Crippen LogP contribution in [0.4, 0.5) is 21.8 Å². The molecule has 5 N–H and O–H groups in total. The molecule has 39 heavy (non-hydrogen) atoms. The largest absolute Gasteiger partial charge is 0.393 e. The lowest BCUT2D eigenvalue weighted by molar-refractivity contribution is -0.128. The van der Waals surface area contributed by atoms with Crippen LogP contribution in [0.1, 0.15) is 75.6 Å². The molecule has 0 unspecified atom stereocenters. The Balaban J connectivity index is 1.74. The number of nitrogens with two attached hydrogens (primary N) is 1. The normalized spacial score (nSPS) is 25.5. The van der Waals surface area contributed by atoms with Gasteiger partial charge in [-0.1, -0.05) is 18.5 Å².